The van der Waals surface area contributed by atoms with Crippen LogP contribution in [0, 0.1) is 0 Å². The van der Waals surface area contributed by atoms with Gasteiger partial charge in [-0.2, -0.15) is 0 Å². The molecule has 1 N–H and O–H groups in total. The highest BCUT2D eigenvalue weighted by Gasteiger charge is 2.40. The van der Waals surface area contributed by atoms with E-state index in [1.807, 2.05) is 30.3 Å². The molecular formula is C19H18Cl2N2O3. The summed E-state index contributed by atoms with van der Waals surface area (Å²) in [6.07, 6.45) is 0.607. The number of para-hydroxylation sites is 1. The van der Waals surface area contributed by atoms with Crippen LogP contribution in [0.4, 0.5) is 5.69 Å². The number of amides is 2. The fourth-order valence-corrected chi connectivity index (χ4v) is 3.51. The van der Waals surface area contributed by atoms with Gasteiger partial charge in [-0.15, -0.1) is 0 Å². The lowest BCUT2D eigenvalue weighted by molar-refractivity contribution is -0.126. The third kappa shape index (κ3) is 3.79. The largest absolute Gasteiger partial charge is 0.494 e. The number of benzene rings is 2. The lowest BCUT2D eigenvalue weighted by Gasteiger charge is -2.19. The van der Waals surface area contributed by atoms with E-state index in [0.29, 0.717) is 40.9 Å². The van der Waals surface area contributed by atoms with Crippen LogP contribution >= 0.6 is 23.2 Å². The van der Waals surface area contributed by atoms with Gasteiger partial charge >= 0.3 is 0 Å². The number of hydrogen-bond acceptors (Lipinski definition) is 3. The lowest BCUT2D eigenvalue weighted by atomic mass is 10.1. The highest BCUT2D eigenvalue weighted by atomic mass is 35.5. The minimum atomic E-state index is -0.816. The first-order valence-corrected chi connectivity index (χ1v) is 8.99. The second kappa shape index (κ2) is 7.98. The van der Waals surface area contributed by atoms with Crippen LogP contribution in [0.1, 0.15) is 24.9 Å². The van der Waals surface area contributed by atoms with Crippen molar-refractivity contribution in [2.45, 2.75) is 19.4 Å². The van der Waals surface area contributed by atoms with Gasteiger partial charge in [0.15, 0.2) is 0 Å². The van der Waals surface area contributed by atoms with Gasteiger partial charge in [-0.3, -0.25) is 9.59 Å². The van der Waals surface area contributed by atoms with Crippen LogP contribution in [0.3, 0.4) is 0 Å². The molecule has 136 valence electrons. The van der Waals surface area contributed by atoms with Crippen molar-refractivity contribution in [2.24, 2.45) is 0 Å². The van der Waals surface area contributed by atoms with E-state index in [1.54, 1.807) is 17.0 Å². The molecule has 2 aromatic rings. The van der Waals surface area contributed by atoms with Gasteiger partial charge in [0.25, 0.3) is 5.91 Å². The van der Waals surface area contributed by atoms with Gasteiger partial charge in [0.2, 0.25) is 5.91 Å². The minimum Gasteiger partial charge on any atom is -0.494 e. The highest BCUT2D eigenvalue weighted by molar-refractivity contribution is 6.38. The van der Waals surface area contributed by atoms with E-state index in [9.17, 15) is 9.59 Å². The molecule has 3 rings (SSSR count). The predicted molar refractivity (Wildman–Crippen MR) is 102 cm³/mol. The predicted octanol–water partition coefficient (Wildman–Crippen LogP) is 3.99. The molecule has 0 radical (unpaired) electrons. The smallest absolute Gasteiger partial charge is 0.254 e. The van der Waals surface area contributed by atoms with Crippen LogP contribution in [-0.4, -0.2) is 25.0 Å². The SMILES string of the molecule is CC(=O)NC1C(=O)N(CCCOc2ccccc2)c2c(Cl)ccc(Cl)c21. The minimum absolute atomic E-state index is 0.245. The summed E-state index contributed by atoms with van der Waals surface area (Å²) in [5.41, 5.74) is 1.10. The number of rotatable bonds is 6. The summed E-state index contributed by atoms with van der Waals surface area (Å²) < 4.78 is 5.67. The fraction of sp³-hybridized carbons (Fsp3) is 0.263. The van der Waals surface area contributed by atoms with Crippen molar-refractivity contribution in [3.63, 3.8) is 0 Å². The normalized spacial score (nSPS) is 15.7. The monoisotopic (exact) mass is 392 g/mol. The van der Waals surface area contributed by atoms with Crippen LogP contribution in [0.15, 0.2) is 42.5 Å². The zero-order valence-corrected chi connectivity index (χ0v) is 15.7. The Bertz CT molecular complexity index is 827. The quantitative estimate of drug-likeness (QED) is 0.756. The van der Waals surface area contributed by atoms with Crippen LogP contribution in [0.2, 0.25) is 10.0 Å². The summed E-state index contributed by atoms with van der Waals surface area (Å²) in [6, 6.07) is 11.9. The van der Waals surface area contributed by atoms with Crippen molar-refractivity contribution in [2.75, 3.05) is 18.1 Å². The first kappa shape index (κ1) is 18.5. The molecule has 1 atom stereocenters. The van der Waals surface area contributed by atoms with Gasteiger partial charge in [-0.05, 0) is 30.7 Å². The van der Waals surface area contributed by atoms with E-state index in [1.165, 1.54) is 6.92 Å². The number of carbonyl (C=O) groups excluding carboxylic acids is 2. The van der Waals surface area contributed by atoms with Gasteiger partial charge in [-0.25, -0.2) is 0 Å². The molecule has 7 heteroatoms. The van der Waals surface area contributed by atoms with Gasteiger partial charge < -0.3 is 15.0 Å². The summed E-state index contributed by atoms with van der Waals surface area (Å²) in [5.74, 6) is 0.224. The maximum Gasteiger partial charge on any atom is 0.254 e. The number of ether oxygens (including phenoxy) is 1. The first-order chi connectivity index (χ1) is 12.5. The van der Waals surface area contributed by atoms with Gasteiger partial charge in [0, 0.05) is 24.1 Å². The molecule has 0 bridgehead atoms. The number of hydrogen-bond donors (Lipinski definition) is 1. The second-order valence-electron chi connectivity index (χ2n) is 5.93. The first-order valence-electron chi connectivity index (χ1n) is 8.23. The maximum atomic E-state index is 12.8. The molecule has 0 spiro atoms. The third-order valence-corrected chi connectivity index (χ3v) is 4.71. The highest BCUT2D eigenvalue weighted by Crippen LogP contribution is 2.44. The fourth-order valence-electron chi connectivity index (χ4n) is 2.98. The Morgan fingerprint density at radius 2 is 1.85 bits per heavy atom. The van der Waals surface area contributed by atoms with Crippen LogP contribution in [-0.2, 0) is 9.59 Å². The molecule has 5 nitrogen and oxygen atoms in total. The Labute approximate surface area is 161 Å². The molecule has 2 aromatic carbocycles. The van der Waals surface area contributed by atoms with E-state index < -0.39 is 6.04 Å². The summed E-state index contributed by atoms with van der Waals surface area (Å²) in [7, 11) is 0. The van der Waals surface area contributed by atoms with Crippen molar-refractivity contribution in [3.8, 4) is 5.75 Å². The topological polar surface area (TPSA) is 58.6 Å². The molecule has 2 amide bonds. The summed E-state index contributed by atoms with van der Waals surface area (Å²) in [5, 5.41) is 3.49. The maximum absolute atomic E-state index is 12.8. The van der Waals surface area contributed by atoms with Crippen LogP contribution in [0.5, 0.6) is 5.75 Å². The third-order valence-electron chi connectivity index (χ3n) is 4.07. The van der Waals surface area contributed by atoms with Crippen LogP contribution in [0.25, 0.3) is 0 Å². The van der Waals surface area contributed by atoms with Gasteiger partial charge in [0.05, 0.1) is 17.3 Å². The lowest BCUT2D eigenvalue weighted by Crippen LogP contribution is -2.37. The number of halogens is 2. The number of carbonyl (C=O) groups is 2. The molecule has 1 aliphatic heterocycles. The molecule has 1 aliphatic rings. The van der Waals surface area contributed by atoms with Crippen LogP contribution < -0.4 is 15.0 Å². The molecule has 1 unspecified atom stereocenters. The zero-order valence-electron chi connectivity index (χ0n) is 14.2. The number of fused-ring (bicyclic) bond motifs is 1. The average molecular weight is 393 g/mol. The van der Waals surface area contributed by atoms with Crippen molar-refractivity contribution in [1.82, 2.24) is 5.32 Å². The molecule has 1 heterocycles. The Kier molecular flexibility index (Phi) is 5.69. The summed E-state index contributed by atoms with van der Waals surface area (Å²) >= 11 is 12.6. The number of nitrogens with zero attached hydrogens (tertiary/aromatic N) is 1. The molecule has 0 saturated carbocycles. The Balaban J connectivity index is 1.74. The Morgan fingerprint density at radius 3 is 2.54 bits per heavy atom. The van der Waals surface area contributed by atoms with Crippen molar-refractivity contribution in [3.05, 3.63) is 58.1 Å². The average Bonchev–Trinajstić information content (AvgIpc) is 2.89. The Hall–Kier alpha value is -2.24. The van der Waals surface area contributed by atoms with Crippen molar-refractivity contribution in [1.29, 1.82) is 0 Å². The Morgan fingerprint density at radius 1 is 1.15 bits per heavy atom. The van der Waals surface area contributed by atoms with E-state index in [0.717, 1.165) is 5.75 Å². The van der Waals surface area contributed by atoms with Gasteiger partial charge in [-0.1, -0.05) is 41.4 Å². The number of anilines is 1. The molecule has 26 heavy (non-hydrogen) atoms. The standard InChI is InChI=1S/C19H18Cl2N2O3/c1-12(24)22-17-16-14(20)8-9-15(21)18(16)23(19(17)25)10-5-11-26-13-6-3-2-4-7-13/h2-4,6-9,17H,5,10-11H2,1H3,(H,22,24). The molecule has 0 fully saturated rings. The van der Waals surface area contributed by atoms with Crippen molar-refractivity contribution >= 4 is 40.7 Å². The molecule has 0 aromatic heterocycles. The van der Waals surface area contributed by atoms with E-state index >= 15 is 0 Å². The molecule has 0 aliphatic carbocycles. The number of nitrogens with one attached hydrogen (secondary N) is 1. The summed E-state index contributed by atoms with van der Waals surface area (Å²) in [6.45, 7) is 2.22. The summed E-state index contributed by atoms with van der Waals surface area (Å²) in [4.78, 5) is 25.9. The molecular weight excluding hydrogens is 375 g/mol. The van der Waals surface area contributed by atoms with Crippen molar-refractivity contribution < 1.29 is 14.3 Å². The zero-order chi connectivity index (χ0) is 18.7. The molecule has 0 saturated heterocycles. The van der Waals surface area contributed by atoms with E-state index in [4.69, 9.17) is 27.9 Å². The van der Waals surface area contributed by atoms with E-state index in [-0.39, 0.29) is 11.8 Å². The second-order valence-corrected chi connectivity index (χ2v) is 6.74. The van der Waals surface area contributed by atoms with E-state index in [2.05, 4.69) is 5.32 Å². The van der Waals surface area contributed by atoms with Gasteiger partial charge in [0.1, 0.15) is 11.8 Å².